The first-order valence-corrected chi connectivity index (χ1v) is 6.21. The van der Waals surface area contributed by atoms with Gasteiger partial charge in [-0.1, -0.05) is 11.3 Å². The van der Waals surface area contributed by atoms with E-state index in [1.165, 1.54) is 0 Å². The first-order chi connectivity index (χ1) is 7.40. The maximum absolute atomic E-state index is 5.50. The summed E-state index contributed by atoms with van der Waals surface area (Å²) in [5.74, 6) is 0. The average molecular weight is 227 g/mol. The van der Waals surface area contributed by atoms with Gasteiger partial charge in [0.25, 0.3) is 0 Å². The quantitative estimate of drug-likeness (QED) is 0.785. The predicted molar refractivity (Wildman–Crippen MR) is 62.2 cm³/mol. The number of hydrogen-bond acceptors (Lipinski definition) is 6. The zero-order chi connectivity index (χ0) is 10.5. The normalized spacial score (nSPS) is 18.3. The van der Waals surface area contributed by atoms with E-state index in [1.54, 1.807) is 16.8 Å². The molecule has 5 nitrogen and oxygen atoms in total. The minimum absolute atomic E-state index is 0.788. The Morgan fingerprint density at radius 2 is 2.13 bits per heavy atom. The summed E-state index contributed by atoms with van der Waals surface area (Å²) in [6.07, 6.45) is 1.10. The fourth-order valence-corrected chi connectivity index (χ4v) is 2.40. The molecule has 2 N–H and O–H groups in total. The topological polar surface area (TPSA) is 58.3 Å². The highest BCUT2D eigenvalue weighted by atomic mass is 32.1. The van der Waals surface area contributed by atoms with Gasteiger partial charge >= 0.3 is 0 Å². The Morgan fingerprint density at radius 3 is 2.73 bits per heavy atom. The van der Waals surface area contributed by atoms with Crippen molar-refractivity contribution in [2.45, 2.75) is 6.42 Å². The van der Waals surface area contributed by atoms with Gasteiger partial charge in [0.15, 0.2) is 0 Å². The second-order valence-corrected chi connectivity index (χ2v) is 4.50. The van der Waals surface area contributed by atoms with E-state index in [-0.39, 0.29) is 0 Å². The van der Waals surface area contributed by atoms with Crippen LogP contribution in [0.3, 0.4) is 0 Å². The molecule has 1 aliphatic heterocycles. The van der Waals surface area contributed by atoms with E-state index in [0.29, 0.717) is 0 Å². The number of hydrogen-bond donors (Lipinski definition) is 1. The molecular formula is C9H17N5S. The molecule has 0 aromatic carbocycles. The van der Waals surface area contributed by atoms with Crippen LogP contribution in [0, 0.1) is 0 Å². The summed E-state index contributed by atoms with van der Waals surface area (Å²) in [6, 6.07) is 0. The standard InChI is InChI=1S/C9H17N5S/c10-2-1-3-13-4-6-14(7-5-13)9-12-11-8-15-9/h8H,1-7,10H2. The van der Waals surface area contributed by atoms with E-state index in [1.807, 2.05) is 0 Å². The summed E-state index contributed by atoms with van der Waals surface area (Å²) in [5, 5.41) is 9.00. The molecule has 0 amide bonds. The molecule has 84 valence electrons. The maximum atomic E-state index is 5.50. The van der Waals surface area contributed by atoms with Gasteiger partial charge in [-0.15, -0.1) is 10.2 Å². The fraction of sp³-hybridized carbons (Fsp3) is 0.778. The number of aromatic nitrogens is 2. The molecule has 0 bridgehead atoms. The molecule has 1 aromatic rings. The third-order valence-electron chi connectivity index (χ3n) is 2.67. The average Bonchev–Trinajstić information content (AvgIpc) is 2.80. The first kappa shape index (κ1) is 10.8. The molecule has 6 heteroatoms. The van der Waals surface area contributed by atoms with Crippen LogP contribution in [0.15, 0.2) is 5.51 Å². The summed E-state index contributed by atoms with van der Waals surface area (Å²) < 4.78 is 0. The summed E-state index contributed by atoms with van der Waals surface area (Å²) in [6.45, 7) is 6.25. The van der Waals surface area contributed by atoms with Crippen molar-refractivity contribution in [1.29, 1.82) is 0 Å². The van der Waals surface area contributed by atoms with Crippen molar-refractivity contribution >= 4 is 16.5 Å². The zero-order valence-corrected chi connectivity index (χ0v) is 9.62. The van der Waals surface area contributed by atoms with Crippen LogP contribution >= 0.6 is 11.3 Å². The third-order valence-corrected chi connectivity index (χ3v) is 3.42. The molecular weight excluding hydrogens is 210 g/mol. The highest BCUT2D eigenvalue weighted by Crippen LogP contribution is 2.17. The minimum atomic E-state index is 0.788. The molecule has 1 fully saturated rings. The van der Waals surface area contributed by atoms with Gasteiger partial charge in [0, 0.05) is 26.2 Å². The van der Waals surface area contributed by atoms with Crippen molar-refractivity contribution < 1.29 is 0 Å². The van der Waals surface area contributed by atoms with Crippen molar-refractivity contribution in [3.05, 3.63) is 5.51 Å². The Morgan fingerprint density at radius 1 is 1.33 bits per heavy atom. The van der Waals surface area contributed by atoms with Gasteiger partial charge in [-0.3, -0.25) is 4.90 Å². The molecule has 15 heavy (non-hydrogen) atoms. The lowest BCUT2D eigenvalue weighted by Crippen LogP contribution is -2.46. The van der Waals surface area contributed by atoms with Crippen LogP contribution in [0.1, 0.15) is 6.42 Å². The molecule has 1 aliphatic rings. The molecule has 0 atom stereocenters. The molecule has 1 saturated heterocycles. The van der Waals surface area contributed by atoms with Crippen molar-refractivity contribution in [2.75, 3.05) is 44.2 Å². The number of piperazine rings is 1. The summed E-state index contributed by atoms with van der Waals surface area (Å²) in [7, 11) is 0. The molecule has 2 rings (SSSR count). The largest absolute Gasteiger partial charge is 0.344 e. The third kappa shape index (κ3) is 2.87. The maximum Gasteiger partial charge on any atom is 0.208 e. The smallest absolute Gasteiger partial charge is 0.208 e. The van der Waals surface area contributed by atoms with Gasteiger partial charge in [-0.05, 0) is 19.5 Å². The molecule has 0 aliphatic carbocycles. The van der Waals surface area contributed by atoms with Crippen LogP contribution in [0.5, 0.6) is 0 Å². The van der Waals surface area contributed by atoms with Crippen molar-refractivity contribution in [3.8, 4) is 0 Å². The van der Waals surface area contributed by atoms with Gasteiger partial charge in [-0.2, -0.15) is 0 Å². The van der Waals surface area contributed by atoms with Gasteiger partial charge in [0.1, 0.15) is 5.51 Å². The molecule has 0 saturated carbocycles. The van der Waals surface area contributed by atoms with E-state index < -0.39 is 0 Å². The van der Waals surface area contributed by atoms with Crippen LogP contribution in [0.4, 0.5) is 5.13 Å². The first-order valence-electron chi connectivity index (χ1n) is 5.33. The predicted octanol–water partition coefficient (Wildman–Crippen LogP) is 0.00890. The summed E-state index contributed by atoms with van der Waals surface area (Å²) >= 11 is 1.61. The van der Waals surface area contributed by atoms with Crippen molar-refractivity contribution in [2.24, 2.45) is 5.73 Å². The Balaban J connectivity index is 1.77. The van der Waals surface area contributed by atoms with E-state index in [4.69, 9.17) is 5.73 Å². The number of nitrogens with zero attached hydrogens (tertiary/aromatic N) is 4. The highest BCUT2D eigenvalue weighted by molar-refractivity contribution is 7.13. The van der Waals surface area contributed by atoms with Crippen LogP contribution < -0.4 is 10.6 Å². The molecule has 2 heterocycles. The number of rotatable bonds is 4. The Hall–Kier alpha value is -0.720. The number of nitrogens with two attached hydrogens (primary N) is 1. The van der Waals surface area contributed by atoms with Gasteiger partial charge < -0.3 is 10.6 Å². The number of anilines is 1. The molecule has 1 aromatic heterocycles. The van der Waals surface area contributed by atoms with Gasteiger partial charge in [0.05, 0.1) is 0 Å². The lowest BCUT2D eigenvalue weighted by molar-refractivity contribution is 0.256. The molecule has 0 unspecified atom stereocenters. The molecule has 0 spiro atoms. The lowest BCUT2D eigenvalue weighted by Gasteiger charge is -2.34. The van der Waals surface area contributed by atoms with E-state index in [9.17, 15) is 0 Å². The summed E-state index contributed by atoms with van der Waals surface area (Å²) in [4.78, 5) is 4.76. The Bertz CT molecular complexity index is 268. The van der Waals surface area contributed by atoms with Gasteiger partial charge in [-0.25, -0.2) is 0 Å². The second-order valence-electron chi connectivity index (χ2n) is 3.69. The van der Waals surface area contributed by atoms with E-state index in [2.05, 4.69) is 20.0 Å². The monoisotopic (exact) mass is 227 g/mol. The summed E-state index contributed by atoms with van der Waals surface area (Å²) in [5.41, 5.74) is 7.28. The SMILES string of the molecule is NCCCN1CCN(c2nncs2)CC1. The fourth-order valence-electron chi connectivity index (χ4n) is 1.78. The zero-order valence-electron chi connectivity index (χ0n) is 8.80. The van der Waals surface area contributed by atoms with Crippen LogP contribution in [0.2, 0.25) is 0 Å². The van der Waals surface area contributed by atoms with E-state index in [0.717, 1.165) is 50.8 Å². The van der Waals surface area contributed by atoms with Gasteiger partial charge in [0.2, 0.25) is 5.13 Å². The highest BCUT2D eigenvalue weighted by Gasteiger charge is 2.18. The second kappa shape index (κ2) is 5.39. The van der Waals surface area contributed by atoms with Crippen molar-refractivity contribution in [1.82, 2.24) is 15.1 Å². The van der Waals surface area contributed by atoms with Crippen molar-refractivity contribution in [3.63, 3.8) is 0 Å². The Kier molecular flexibility index (Phi) is 3.87. The van der Waals surface area contributed by atoms with Crippen LogP contribution in [-0.4, -0.2) is 54.4 Å². The Labute approximate surface area is 93.9 Å². The van der Waals surface area contributed by atoms with Crippen LogP contribution in [-0.2, 0) is 0 Å². The van der Waals surface area contributed by atoms with Crippen LogP contribution in [0.25, 0.3) is 0 Å². The van der Waals surface area contributed by atoms with E-state index >= 15 is 0 Å². The lowest BCUT2D eigenvalue weighted by atomic mass is 10.3. The molecule has 0 radical (unpaired) electrons. The minimum Gasteiger partial charge on any atom is -0.344 e.